The summed E-state index contributed by atoms with van der Waals surface area (Å²) >= 11 is 0. The molecule has 0 rings (SSSR count). The fourth-order valence-electron chi connectivity index (χ4n) is 0. The zero-order valence-electron chi connectivity index (χ0n) is 11.0. The maximum absolute atomic E-state index is 8.64. The Kier molecular flexibility index (Phi) is 391. The van der Waals surface area contributed by atoms with Gasteiger partial charge in [0.15, 0.2) is 0 Å². The number of hydrogen-bond acceptors (Lipinski definition) is 6. The molecule has 0 atom stereocenters. The van der Waals surface area contributed by atoms with Gasteiger partial charge in [0.2, 0.25) is 0 Å². The predicted octanol–water partition coefficient (Wildman–Crippen LogP) is -14.4. The van der Waals surface area contributed by atoms with Gasteiger partial charge in [0.25, 0.3) is 12.9 Å². The predicted molar refractivity (Wildman–Crippen MR) is 41.5 cm³/mol. The Morgan fingerprint density at radius 3 is 0.875 bits per heavy atom. The largest absolute Gasteiger partial charge is 2.00 e. The molecule has 0 radical (unpaired) electrons. The first-order valence-electron chi connectivity index (χ1n) is 1.28. The van der Waals surface area contributed by atoms with Crippen LogP contribution in [-0.2, 0) is 19.4 Å². The van der Waals surface area contributed by atoms with Gasteiger partial charge in [-0.25, -0.2) is 0 Å². The second kappa shape index (κ2) is 89.8. The molecule has 0 heterocycles. The molecule has 0 aliphatic heterocycles. The van der Waals surface area contributed by atoms with E-state index in [1.54, 1.807) is 0 Å². The molecule has 0 saturated carbocycles. The van der Waals surface area contributed by atoms with Gasteiger partial charge in [-0.15, -0.1) is 0 Å². The molecule has 0 fully saturated rings. The van der Waals surface area contributed by atoms with E-state index in [1.807, 2.05) is 0 Å². The van der Waals surface area contributed by atoms with Crippen molar-refractivity contribution >= 4 is 73.7 Å². The second-order valence-corrected chi connectivity index (χ2v) is 0.385. The van der Waals surface area contributed by atoms with E-state index >= 15 is 0 Å². The summed E-state index contributed by atoms with van der Waals surface area (Å²) < 4.78 is 0. The zero-order valence-corrected chi connectivity index (χ0v) is 20.6. The Morgan fingerprint density at radius 2 is 0.875 bits per heavy atom. The summed E-state index contributed by atoms with van der Waals surface area (Å²) in [6, 6.07) is 0. The normalized spacial score (nSPS) is 2.62. The van der Waals surface area contributed by atoms with Gasteiger partial charge in [0.05, 0.1) is 0 Å². The summed E-state index contributed by atoms with van der Waals surface area (Å²) in [5.74, 6) is 0. The molecule has 0 N–H and O–H groups in total. The van der Waals surface area contributed by atoms with E-state index in [1.165, 1.54) is 0 Å². The molecule has 0 unspecified atom stereocenters. The van der Waals surface area contributed by atoms with Crippen LogP contribution in [-0.4, -0.2) is 73.7 Å². The summed E-state index contributed by atoms with van der Waals surface area (Å²) in [5.41, 5.74) is 0. The van der Waals surface area contributed by atoms with E-state index in [0.29, 0.717) is 0 Å². The smallest absolute Gasteiger partial charge is 1.00 e. The van der Waals surface area contributed by atoms with Crippen LogP contribution in [0.25, 0.3) is 0 Å². The van der Waals surface area contributed by atoms with Gasteiger partial charge in [0.1, 0.15) is 0 Å². The third kappa shape index (κ3) is 127. The van der Waals surface area contributed by atoms with Crippen molar-refractivity contribution in [2.45, 2.75) is 14.9 Å². The molecule has 12 heteroatoms. The van der Waals surface area contributed by atoms with Gasteiger partial charge >= 0.3 is 179 Å². The Bertz CT molecular complexity index is 77.5. The molecule has 0 amide bonds. The zero-order chi connectivity index (χ0) is 6.83. The number of carbonyl (C=O) groups excluding carboxylic acids is 2. The van der Waals surface area contributed by atoms with Crippen LogP contribution in [0, 0.1) is 0 Å². The molecule has 68 valence electrons. The van der Waals surface area contributed by atoms with Crippen LogP contribution < -0.4 is 129 Å². The average molecular weight is 312 g/mol. The van der Waals surface area contributed by atoms with Crippen LogP contribution in [0.5, 0.6) is 0 Å². The number of carbonyl (C=O) groups is 2. The van der Waals surface area contributed by atoms with Crippen LogP contribution in [0.4, 0.5) is 0 Å². The Balaban J connectivity index is -0.00000000257. The minimum Gasteiger partial charge on any atom is -1.00 e. The quantitative estimate of drug-likeness (QED) is 0.217. The average Bonchev–Trinajstić information content (AvgIpc) is 1.88. The monoisotopic (exact) mass is 312 g/mol. The number of hydrogen-bond donors (Lipinski definition) is 0. The first-order valence-corrected chi connectivity index (χ1v) is 1.28. The molecule has 0 aromatic carbocycles. The maximum atomic E-state index is 8.64. The van der Waals surface area contributed by atoms with E-state index in [0.717, 1.165) is 0 Å². The van der Waals surface area contributed by atoms with Crippen molar-refractivity contribution in [3.05, 3.63) is 0 Å². The van der Waals surface area contributed by atoms with Gasteiger partial charge in [-0.1, -0.05) is 14.9 Å². The molecule has 0 spiro atoms. The van der Waals surface area contributed by atoms with E-state index in [4.69, 9.17) is 20.1 Å². The van der Waals surface area contributed by atoms with Crippen molar-refractivity contribution in [1.82, 2.24) is 0 Å². The van der Waals surface area contributed by atoms with Gasteiger partial charge < -0.3 is 23.1 Å². The summed E-state index contributed by atoms with van der Waals surface area (Å²) in [6.45, 7) is -0.361. The van der Waals surface area contributed by atoms with E-state index in [-0.39, 0.29) is 210 Å². The van der Waals surface area contributed by atoms with Crippen molar-refractivity contribution in [2.24, 2.45) is 0 Å². The Hall–Kier alpha value is 4.89. The standard InChI is InChI=1S/2CH2O3.2CH4.Ca.Mg.4Na.2H/c2*2-1-4-3;;;;;;;;;;/h2*1,3H;2*1H4;;;;;;;;/q;;;;2*+2;4*+1;2*-1/p-2. The fraction of sp³-hybridized carbons (Fsp3) is 0.500. The molecule has 0 aromatic rings. The van der Waals surface area contributed by atoms with Gasteiger partial charge in [-0.05, 0) is 0 Å². The van der Waals surface area contributed by atoms with E-state index < -0.39 is 0 Å². The summed E-state index contributed by atoms with van der Waals surface area (Å²) in [4.78, 5) is 22.5. The van der Waals surface area contributed by atoms with Crippen LogP contribution in [0.3, 0.4) is 0 Å². The molecular weight excluding hydrogens is 300 g/mol. The van der Waals surface area contributed by atoms with Crippen molar-refractivity contribution < 1.29 is 151 Å². The topological polar surface area (TPSA) is 98.7 Å². The summed E-state index contributed by atoms with van der Waals surface area (Å²) in [7, 11) is 0. The molecule has 0 aromatic heterocycles. The molecule has 6 nitrogen and oxygen atoms in total. The number of rotatable bonds is 2. The molecule has 0 saturated heterocycles. The molecule has 0 aliphatic carbocycles. The van der Waals surface area contributed by atoms with Crippen molar-refractivity contribution in [3.63, 3.8) is 0 Å². The molecular formula is C4H12CaMgNa4O6+4. The van der Waals surface area contributed by atoms with Crippen molar-refractivity contribution in [3.8, 4) is 0 Å². The molecule has 0 aliphatic rings. The van der Waals surface area contributed by atoms with Crippen LogP contribution >= 0.6 is 0 Å². The van der Waals surface area contributed by atoms with Gasteiger partial charge in [0, 0.05) is 0 Å². The SMILES string of the molecule is C.C.O=CO[O-].O=CO[O-].[Ca+2].[H-].[H-].[Mg+2].[Na+].[Na+].[Na+].[Na+]. The third-order valence-electron chi connectivity index (χ3n) is 0.0786. The fourth-order valence-corrected chi connectivity index (χ4v) is 0. The minimum atomic E-state index is -0.181. The Labute approximate surface area is 234 Å². The summed E-state index contributed by atoms with van der Waals surface area (Å²) in [6.07, 6.45) is 0. The van der Waals surface area contributed by atoms with Gasteiger partial charge in [-0.2, -0.15) is 0 Å². The molecule has 0 bridgehead atoms. The van der Waals surface area contributed by atoms with Crippen LogP contribution in [0.2, 0.25) is 0 Å². The van der Waals surface area contributed by atoms with Crippen LogP contribution in [0.1, 0.15) is 17.7 Å². The Morgan fingerprint density at radius 1 is 0.812 bits per heavy atom. The van der Waals surface area contributed by atoms with E-state index in [2.05, 4.69) is 9.78 Å². The first kappa shape index (κ1) is 69.7. The second-order valence-electron chi connectivity index (χ2n) is 0.385. The van der Waals surface area contributed by atoms with Crippen molar-refractivity contribution in [2.75, 3.05) is 0 Å². The van der Waals surface area contributed by atoms with Crippen LogP contribution in [0.15, 0.2) is 0 Å². The van der Waals surface area contributed by atoms with Gasteiger partial charge in [-0.3, -0.25) is 9.59 Å². The summed E-state index contributed by atoms with van der Waals surface area (Å²) in [5, 5.41) is 16.9. The minimum absolute atomic E-state index is 0. The van der Waals surface area contributed by atoms with E-state index in [9.17, 15) is 0 Å². The third-order valence-corrected chi connectivity index (χ3v) is 0.0786. The maximum Gasteiger partial charge on any atom is 2.00 e. The molecule has 16 heavy (non-hydrogen) atoms. The van der Waals surface area contributed by atoms with Crippen molar-refractivity contribution in [1.29, 1.82) is 0 Å². The first-order chi connectivity index (χ1) is 3.83.